The average Bonchev–Trinajstić information content (AvgIpc) is 3.18. The van der Waals surface area contributed by atoms with Gasteiger partial charge in [-0.15, -0.1) is 11.3 Å². The van der Waals surface area contributed by atoms with Crippen LogP contribution in [0, 0.1) is 0 Å². The molecule has 2 N–H and O–H groups in total. The summed E-state index contributed by atoms with van der Waals surface area (Å²) in [6.07, 6.45) is 0. The Kier molecular flexibility index (Phi) is 3.97. The lowest BCUT2D eigenvalue weighted by Crippen LogP contribution is -2.41. The van der Waals surface area contributed by atoms with Crippen LogP contribution in [0.25, 0.3) is 0 Å². The van der Waals surface area contributed by atoms with Crippen LogP contribution in [0.5, 0.6) is 11.5 Å². The fraction of sp³-hybridized carbons (Fsp3) is 0.200. The van der Waals surface area contributed by atoms with Crippen molar-refractivity contribution in [3.05, 3.63) is 40.6 Å². The second-order valence-electron chi connectivity index (χ2n) is 4.70. The van der Waals surface area contributed by atoms with E-state index in [0.717, 1.165) is 0 Å². The lowest BCUT2D eigenvalue weighted by molar-refractivity contribution is -0.117. The third kappa shape index (κ3) is 2.89. The van der Waals surface area contributed by atoms with Crippen molar-refractivity contribution < 1.29 is 19.1 Å². The van der Waals surface area contributed by atoms with Gasteiger partial charge in [-0.1, -0.05) is 12.1 Å². The molecule has 1 unspecified atom stereocenters. The van der Waals surface area contributed by atoms with Gasteiger partial charge in [0.25, 0.3) is 5.91 Å². The first-order valence-electron chi connectivity index (χ1n) is 6.69. The zero-order valence-corrected chi connectivity index (χ0v) is 12.6. The second-order valence-corrected chi connectivity index (χ2v) is 5.65. The molecule has 3 rings (SSSR count). The Balaban J connectivity index is 1.65. The van der Waals surface area contributed by atoms with Crippen LogP contribution in [0.15, 0.2) is 35.7 Å². The van der Waals surface area contributed by atoms with E-state index in [0.29, 0.717) is 22.1 Å². The van der Waals surface area contributed by atoms with Crippen LogP contribution in [0.4, 0.5) is 5.69 Å². The van der Waals surface area contributed by atoms with Crippen molar-refractivity contribution in [2.24, 2.45) is 0 Å². The number of fused-ring (bicyclic) bond motifs is 1. The maximum atomic E-state index is 12.2. The molecule has 1 aromatic carbocycles. The molecule has 6 nitrogen and oxygen atoms in total. The lowest BCUT2D eigenvalue weighted by Gasteiger charge is -2.14. The molecular weight excluding hydrogens is 304 g/mol. The minimum absolute atomic E-state index is 0.132. The number of thiophene rings is 1. The quantitative estimate of drug-likeness (QED) is 0.906. The third-order valence-electron chi connectivity index (χ3n) is 3.14. The highest BCUT2D eigenvalue weighted by Gasteiger charge is 2.22. The Morgan fingerprint density at radius 1 is 1.23 bits per heavy atom. The van der Waals surface area contributed by atoms with Crippen molar-refractivity contribution >= 4 is 28.8 Å². The zero-order valence-electron chi connectivity index (χ0n) is 11.8. The van der Waals surface area contributed by atoms with Crippen LogP contribution >= 0.6 is 11.3 Å². The average molecular weight is 318 g/mol. The van der Waals surface area contributed by atoms with Crippen LogP contribution in [-0.2, 0) is 4.79 Å². The molecule has 2 amide bonds. The van der Waals surface area contributed by atoms with Crippen molar-refractivity contribution in [3.63, 3.8) is 0 Å². The molecular formula is C15H14N2O4S. The van der Waals surface area contributed by atoms with Gasteiger partial charge in [-0.25, -0.2) is 0 Å². The number of para-hydroxylation sites is 1. The third-order valence-corrected chi connectivity index (χ3v) is 4.01. The molecule has 0 radical (unpaired) electrons. The summed E-state index contributed by atoms with van der Waals surface area (Å²) in [7, 11) is 0. The van der Waals surface area contributed by atoms with E-state index in [9.17, 15) is 9.59 Å². The second kappa shape index (κ2) is 6.07. The van der Waals surface area contributed by atoms with Gasteiger partial charge in [0, 0.05) is 0 Å². The number of benzene rings is 1. The highest BCUT2D eigenvalue weighted by Crippen LogP contribution is 2.38. The van der Waals surface area contributed by atoms with Gasteiger partial charge in [-0.05, 0) is 30.5 Å². The summed E-state index contributed by atoms with van der Waals surface area (Å²) in [5, 5.41) is 7.20. The molecule has 22 heavy (non-hydrogen) atoms. The summed E-state index contributed by atoms with van der Waals surface area (Å²) in [5.41, 5.74) is 0.525. The normalized spacial score (nSPS) is 13.5. The van der Waals surface area contributed by atoms with E-state index in [4.69, 9.17) is 9.47 Å². The Morgan fingerprint density at radius 3 is 2.86 bits per heavy atom. The van der Waals surface area contributed by atoms with Crippen molar-refractivity contribution in [2.75, 3.05) is 12.1 Å². The monoisotopic (exact) mass is 318 g/mol. The van der Waals surface area contributed by atoms with Crippen molar-refractivity contribution in [1.82, 2.24) is 5.32 Å². The Morgan fingerprint density at radius 2 is 2.09 bits per heavy atom. The smallest absolute Gasteiger partial charge is 0.261 e. The molecule has 2 heterocycles. The van der Waals surface area contributed by atoms with Gasteiger partial charge >= 0.3 is 0 Å². The van der Waals surface area contributed by atoms with Gasteiger partial charge in [0.1, 0.15) is 6.04 Å². The topological polar surface area (TPSA) is 76.7 Å². The van der Waals surface area contributed by atoms with Crippen molar-refractivity contribution in [2.45, 2.75) is 13.0 Å². The minimum Gasteiger partial charge on any atom is -0.454 e. The van der Waals surface area contributed by atoms with Gasteiger partial charge in [-0.2, -0.15) is 0 Å². The molecule has 1 aliphatic rings. The van der Waals surface area contributed by atoms with Crippen LogP contribution in [0.3, 0.4) is 0 Å². The van der Waals surface area contributed by atoms with E-state index < -0.39 is 6.04 Å². The molecule has 7 heteroatoms. The lowest BCUT2D eigenvalue weighted by atomic mass is 10.2. The summed E-state index contributed by atoms with van der Waals surface area (Å²) < 4.78 is 10.6. The largest absolute Gasteiger partial charge is 0.454 e. The van der Waals surface area contributed by atoms with Crippen molar-refractivity contribution in [1.29, 1.82) is 0 Å². The number of ether oxygens (including phenoxy) is 2. The predicted molar refractivity (Wildman–Crippen MR) is 82.4 cm³/mol. The molecule has 0 fully saturated rings. The van der Waals surface area contributed by atoms with E-state index in [1.165, 1.54) is 11.3 Å². The van der Waals surface area contributed by atoms with E-state index in [1.54, 1.807) is 37.3 Å². The number of hydrogen-bond donors (Lipinski definition) is 2. The molecule has 0 saturated heterocycles. The first kappa shape index (κ1) is 14.4. The maximum absolute atomic E-state index is 12.2. The van der Waals surface area contributed by atoms with E-state index in [-0.39, 0.29) is 18.6 Å². The molecule has 0 spiro atoms. The standard InChI is InChI=1S/C15H14N2O4S/c1-9(16-15(19)12-6-3-7-22-12)14(18)17-10-4-2-5-11-13(10)21-8-20-11/h2-7,9H,8H2,1H3,(H,16,19)(H,17,18). The van der Waals surface area contributed by atoms with Crippen LogP contribution in [0.1, 0.15) is 16.6 Å². The summed E-state index contributed by atoms with van der Waals surface area (Å²) in [4.78, 5) is 24.7. The van der Waals surface area contributed by atoms with Gasteiger partial charge in [-0.3, -0.25) is 9.59 Å². The summed E-state index contributed by atoms with van der Waals surface area (Å²) in [5.74, 6) is 0.505. The van der Waals surface area contributed by atoms with Crippen LogP contribution < -0.4 is 20.1 Å². The summed E-state index contributed by atoms with van der Waals surface area (Å²) in [6.45, 7) is 1.76. The number of rotatable bonds is 4. The molecule has 2 aromatic rings. The zero-order chi connectivity index (χ0) is 15.5. The number of carbonyl (C=O) groups is 2. The summed E-state index contributed by atoms with van der Waals surface area (Å²) in [6, 6.07) is 8.07. The molecule has 0 bridgehead atoms. The molecule has 114 valence electrons. The number of anilines is 1. The van der Waals surface area contributed by atoms with E-state index in [2.05, 4.69) is 10.6 Å². The van der Waals surface area contributed by atoms with Gasteiger partial charge in [0.2, 0.25) is 12.7 Å². The molecule has 1 atom stereocenters. The highest BCUT2D eigenvalue weighted by atomic mass is 32.1. The number of hydrogen-bond acceptors (Lipinski definition) is 5. The Hall–Kier alpha value is -2.54. The first-order valence-corrected chi connectivity index (χ1v) is 7.57. The fourth-order valence-corrected chi connectivity index (χ4v) is 2.64. The molecule has 0 aliphatic carbocycles. The number of amides is 2. The first-order chi connectivity index (χ1) is 10.6. The Bertz CT molecular complexity index is 700. The molecule has 1 aromatic heterocycles. The SMILES string of the molecule is CC(NC(=O)c1cccs1)C(=O)Nc1cccc2c1OCO2. The Labute approximate surface area is 131 Å². The summed E-state index contributed by atoms with van der Waals surface area (Å²) >= 11 is 1.32. The maximum Gasteiger partial charge on any atom is 0.261 e. The molecule has 0 saturated carbocycles. The van der Waals surface area contributed by atoms with Crippen molar-refractivity contribution in [3.8, 4) is 11.5 Å². The van der Waals surface area contributed by atoms with Crippen LogP contribution in [0.2, 0.25) is 0 Å². The fourth-order valence-electron chi connectivity index (χ4n) is 2.01. The number of nitrogens with one attached hydrogen (secondary N) is 2. The van der Waals surface area contributed by atoms with Gasteiger partial charge < -0.3 is 20.1 Å². The highest BCUT2D eigenvalue weighted by molar-refractivity contribution is 7.12. The van der Waals surface area contributed by atoms with Crippen LogP contribution in [-0.4, -0.2) is 24.6 Å². The van der Waals surface area contributed by atoms with Gasteiger partial charge in [0.15, 0.2) is 11.5 Å². The number of carbonyl (C=O) groups excluding carboxylic acids is 2. The van der Waals surface area contributed by atoms with E-state index in [1.807, 2.05) is 5.38 Å². The minimum atomic E-state index is -0.673. The van der Waals surface area contributed by atoms with E-state index >= 15 is 0 Å². The van der Waals surface area contributed by atoms with Gasteiger partial charge in [0.05, 0.1) is 10.6 Å². The predicted octanol–water partition coefficient (Wildman–Crippen LogP) is 2.23. The molecule has 1 aliphatic heterocycles.